The Hall–Kier alpha value is -1.57. The largest absolute Gasteiger partial charge is 0.425 e. The zero-order valence-electron chi connectivity index (χ0n) is 11.6. The highest BCUT2D eigenvalue weighted by Crippen LogP contribution is 2.40. The summed E-state index contributed by atoms with van der Waals surface area (Å²) >= 11 is 0. The molecule has 1 rings (SSSR count). The van der Waals surface area contributed by atoms with Crippen LogP contribution in [-0.2, 0) is 17.4 Å². The van der Waals surface area contributed by atoms with Gasteiger partial charge in [0.1, 0.15) is 0 Å². The molecule has 1 atom stereocenters. The van der Waals surface area contributed by atoms with Crippen molar-refractivity contribution >= 4 is 5.91 Å². The third-order valence-corrected chi connectivity index (χ3v) is 3.05. The molecule has 1 aromatic heterocycles. The molecule has 8 heteroatoms. The van der Waals surface area contributed by atoms with Gasteiger partial charge < -0.3 is 14.6 Å². The topological polar surface area (TPSA) is 58.4 Å². The van der Waals surface area contributed by atoms with E-state index < -0.39 is 29.9 Å². The van der Waals surface area contributed by atoms with Crippen LogP contribution in [0.3, 0.4) is 0 Å². The van der Waals surface area contributed by atoms with E-state index in [1.54, 1.807) is 6.92 Å². The van der Waals surface area contributed by atoms with Crippen LogP contribution in [0.5, 0.6) is 0 Å². The molecule has 1 heterocycles. The molecule has 0 aliphatic carbocycles. The van der Waals surface area contributed by atoms with Crippen molar-refractivity contribution in [3.05, 3.63) is 18.2 Å². The van der Waals surface area contributed by atoms with Crippen LogP contribution in [0, 0.1) is 0 Å². The fraction of sp³-hybridized carbons (Fsp3) is 0.667. The summed E-state index contributed by atoms with van der Waals surface area (Å²) in [5, 5.41) is 10.0. The average molecular weight is 293 g/mol. The third kappa shape index (κ3) is 3.12. The number of aliphatic hydroxyl groups is 1. The lowest BCUT2D eigenvalue weighted by Crippen LogP contribution is -2.48. The summed E-state index contributed by atoms with van der Waals surface area (Å²) in [6, 6.07) is 0. The van der Waals surface area contributed by atoms with Gasteiger partial charge in [-0.1, -0.05) is 6.92 Å². The molecule has 0 spiro atoms. The molecule has 5 nitrogen and oxygen atoms in total. The molecule has 0 aliphatic heterocycles. The summed E-state index contributed by atoms with van der Waals surface area (Å²) in [6.45, 7) is 2.13. The fourth-order valence-corrected chi connectivity index (χ4v) is 1.88. The number of aryl methyl sites for hydroxylation is 1. The highest BCUT2D eigenvalue weighted by atomic mass is 19.4. The molecule has 1 amide bonds. The van der Waals surface area contributed by atoms with Gasteiger partial charge in [-0.15, -0.1) is 0 Å². The van der Waals surface area contributed by atoms with Gasteiger partial charge in [-0.3, -0.25) is 4.79 Å². The van der Waals surface area contributed by atoms with Crippen LogP contribution in [0.15, 0.2) is 12.4 Å². The van der Waals surface area contributed by atoms with Crippen molar-refractivity contribution in [3.63, 3.8) is 0 Å². The van der Waals surface area contributed by atoms with Gasteiger partial charge in [0.25, 0.3) is 0 Å². The number of alkyl halides is 3. The van der Waals surface area contributed by atoms with E-state index in [2.05, 4.69) is 4.98 Å². The van der Waals surface area contributed by atoms with Crippen LogP contribution in [-0.4, -0.2) is 45.2 Å². The van der Waals surface area contributed by atoms with Crippen molar-refractivity contribution in [1.29, 1.82) is 0 Å². The molecule has 20 heavy (non-hydrogen) atoms. The maximum Gasteiger partial charge on any atom is 0.425 e. The van der Waals surface area contributed by atoms with E-state index in [0.717, 1.165) is 10.8 Å². The van der Waals surface area contributed by atoms with E-state index in [0.29, 0.717) is 13.0 Å². The zero-order chi connectivity index (χ0) is 15.6. The lowest BCUT2D eigenvalue weighted by molar-refractivity contribution is -0.271. The van der Waals surface area contributed by atoms with Crippen LogP contribution in [0.2, 0.25) is 0 Å². The summed E-state index contributed by atoms with van der Waals surface area (Å²) in [5.41, 5.74) is -3.29. The minimum Gasteiger partial charge on any atom is -0.374 e. The molecule has 0 radical (unpaired) electrons. The third-order valence-electron chi connectivity index (χ3n) is 3.05. The smallest absolute Gasteiger partial charge is 0.374 e. The van der Waals surface area contributed by atoms with Crippen LogP contribution < -0.4 is 0 Å². The van der Waals surface area contributed by atoms with Crippen LogP contribution in [0.1, 0.15) is 25.6 Å². The number of rotatable bonds is 5. The minimum absolute atomic E-state index is 0.327. The Labute approximate surface area is 115 Å². The predicted octanol–water partition coefficient (Wildman–Crippen LogP) is 1.43. The quantitative estimate of drug-likeness (QED) is 0.893. The Morgan fingerprint density at radius 2 is 2.10 bits per heavy atom. The van der Waals surface area contributed by atoms with Crippen molar-refractivity contribution in [2.24, 2.45) is 7.05 Å². The first kappa shape index (κ1) is 16.5. The molecule has 0 saturated carbocycles. The first-order chi connectivity index (χ1) is 9.13. The standard InChI is InChI=1S/C12H18F3N3O2/c1-4-6-17(2)9(19)8-11(20,12(13,14)15)10-16-5-7-18(10)3/h5,7,20H,4,6,8H2,1-3H3. The summed E-state index contributed by atoms with van der Waals surface area (Å²) in [4.78, 5) is 16.5. The molecule has 1 aromatic rings. The molecule has 0 bridgehead atoms. The van der Waals surface area contributed by atoms with Crippen molar-refractivity contribution in [2.45, 2.75) is 31.5 Å². The Morgan fingerprint density at radius 1 is 1.50 bits per heavy atom. The lowest BCUT2D eigenvalue weighted by atomic mass is 9.96. The Bertz CT molecular complexity index is 473. The normalized spacial score (nSPS) is 14.9. The SMILES string of the molecule is CCCN(C)C(=O)CC(O)(c1nccn1C)C(F)(F)F. The monoisotopic (exact) mass is 293 g/mol. The van der Waals surface area contributed by atoms with Crippen molar-refractivity contribution < 1.29 is 23.1 Å². The second-order valence-electron chi connectivity index (χ2n) is 4.71. The first-order valence-electron chi connectivity index (χ1n) is 6.14. The number of carbonyl (C=O) groups excluding carboxylic acids is 1. The van der Waals surface area contributed by atoms with Gasteiger partial charge >= 0.3 is 6.18 Å². The second kappa shape index (κ2) is 5.82. The molecule has 114 valence electrons. The Balaban J connectivity index is 3.09. The Kier molecular flexibility index (Phi) is 4.80. The van der Waals surface area contributed by atoms with Gasteiger partial charge in [-0.25, -0.2) is 4.98 Å². The van der Waals surface area contributed by atoms with E-state index >= 15 is 0 Å². The van der Waals surface area contributed by atoms with E-state index in [4.69, 9.17) is 0 Å². The number of halogens is 3. The number of imidazole rings is 1. The first-order valence-corrected chi connectivity index (χ1v) is 6.14. The van der Waals surface area contributed by atoms with Crippen LogP contribution >= 0.6 is 0 Å². The summed E-state index contributed by atoms with van der Waals surface area (Å²) in [5.74, 6) is -1.38. The number of nitrogens with zero attached hydrogens (tertiary/aromatic N) is 3. The molecule has 0 saturated heterocycles. The molecule has 1 unspecified atom stereocenters. The van der Waals surface area contributed by atoms with Crippen molar-refractivity contribution in [2.75, 3.05) is 13.6 Å². The van der Waals surface area contributed by atoms with E-state index in [9.17, 15) is 23.1 Å². The molecule has 0 fully saturated rings. The van der Waals surface area contributed by atoms with Gasteiger partial charge in [0.15, 0.2) is 5.82 Å². The van der Waals surface area contributed by atoms with Gasteiger partial charge in [-0.05, 0) is 6.42 Å². The van der Waals surface area contributed by atoms with Crippen LogP contribution in [0.4, 0.5) is 13.2 Å². The van der Waals surface area contributed by atoms with Crippen LogP contribution in [0.25, 0.3) is 0 Å². The zero-order valence-corrected chi connectivity index (χ0v) is 11.6. The molecular weight excluding hydrogens is 275 g/mol. The second-order valence-corrected chi connectivity index (χ2v) is 4.71. The van der Waals surface area contributed by atoms with Gasteiger partial charge in [-0.2, -0.15) is 13.2 Å². The average Bonchev–Trinajstić information content (AvgIpc) is 2.74. The Morgan fingerprint density at radius 3 is 2.50 bits per heavy atom. The fourth-order valence-electron chi connectivity index (χ4n) is 1.88. The molecular formula is C12H18F3N3O2. The number of aromatic nitrogens is 2. The minimum atomic E-state index is -4.99. The molecule has 0 aliphatic rings. The molecule has 1 N–H and O–H groups in total. The predicted molar refractivity (Wildman–Crippen MR) is 65.7 cm³/mol. The maximum absolute atomic E-state index is 13.2. The summed E-state index contributed by atoms with van der Waals surface area (Å²) in [6.07, 6.45) is -3.03. The lowest BCUT2D eigenvalue weighted by Gasteiger charge is -2.30. The number of carbonyl (C=O) groups is 1. The number of amides is 1. The number of hydrogen-bond donors (Lipinski definition) is 1. The van der Waals surface area contributed by atoms with E-state index in [1.807, 2.05) is 0 Å². The summed E-state index contributed by atoms with van der Waals surface area (Å²) in [7, 11) is 2.74. The van der Waals surface area contributed by atoms with Gasteiger partial charge in [0, 0.05) is 33.0 Å². The van der Waals surface area contributed by atoms with E-state index in [-0.39, 0.29) is 0 Å². The maximum atomic E-state index is 13.2. The van der Waals surface area contributed by atoms with Crippen molar-refractivity contribution in [3.8, 4) is 0 Å². The summed E-state index contributed by atoms with van der Waals surface area (Å²) < 4.78 is 40.6. The van der Waals surface area contributed by atoms with Gasteiger partial charge in [0.2, 0.25) is 11.5 Å². The molecule has 0 aromatic carbocycles. The highest BCUT2D eigenvalue weighted by Gasteiger charge is 2.58. The van der Waals surface area contributed by atoms with E-state index in [1.165, 1.54) is 25.2 Å². The van der Waals surface area contributed by atoms with Crippen molar-refractivity contribution in [1.82, 2.24) is 14.5 Å². The van der Waals surface area contributed by atoms with Gasteiger partial charge in [0.05, 0.1) is 6.42 Å². The number of hydrogen-bond acceptors (Lipinski definition) is 3. The highest BCUT2D eigenvalue weighted by molar-refractivity contribution is 5.77.